The summed E-state index contributed by atoms with van der Waals surface area (Å²) in [4.78, 5) is 26.0. The number of hydrogen-bond acceptors (Lipinski definition) is 5. The molecule has 2 heterocycles. The Morgan fingerprint density at radius 1 is 1.00 bits per heavy atom. The van der Waals surface area contributed by atoms with E-state index in [1.165, 1.54) is 11.3 Å². The molecule has 2 amide bonds. The topological polar surface area (TPSA) is 76.7 Å². The molecule has 0 bridgehead atoms. The number of carbonyl (C=O) groups excluding carboxylic acids is 2. The molecule has 0 aliphatic carbocycles. The first-order valence-electron chi connectivity index (χ1n) is 8.78. The van der Waals surface area contributed by atoms with Crippen LogP contribution in [-0.2, 0) is 11.2 Å². The molecule has 1 aliphatic rings. The van der Waals surface area contributed by atoms with Gasteiger partial charge in [-0.1, -0.05) is 36.4 Å². The number of benzene rings is 2. The van der Waals surface area contributed by atoms with Gasteiger partial charge in [0.15, 0.2) is 11.5 Å². The molecule has 0 fully saturated rings. The van der Waals surface area contributed by atoms with E-state index in [1.54, 1.807) is 30.3 Å². The molecule has 0 saturated heterocycles. The van der Waals surface area contributed by atoms with E-state index in [2.05, 4.69) is 10.6 Å². The summed E-state index contributed by atoms with van der Waals surface area (Å²) in [7, 11) is 0. The van der Waals surface area contributed by atoms with E-state index in [0.717, 1.165) is 5.56 Å². The number of anilines is 1. The van der Waals surface area contributed by atoms with Gasteiger partial charge in [0.2, 0.25) is 12.7 Å². The van der Waals surface area contributed by atoms with Gasteiger partial charge in [-0.2, -0.15) is 0 Å². The molecule has 1 unspecified atom stereocenters. The molecule has 1 aliphatic heterocycles. The lowest BCUT2D eigenvalue weighted by atomic mass is 10.0. The Balaban J connectivity index is 1.51. The Labute approximate surface area is 166 Å². The molecule has 2 N–H and O–H groups in total. The Morgan fingerprint density at radius 2 is 1.82 bits per heavy atom. The number of amides is 2. The van der Waals surface area contributed by atoms with E-state index < -0.39 is 6.04 Å². The summed E-state index contributed by atoms with van der Waals surface area (Å²) < 4.78 is 10.6. The second-order valence-corrected chi connectivity index (χ2v) is 7.20. The Bertz CT molecular complexity index is 973. The first kappa shape index (κ1) is 18.1. The number of ether oxygens (including phenoxy) is 2. The maximum Gasteiger partial charge on any atom is 0.262 e. The van der Waals surface area contributed by atoms with Crippen molar-refractivity contribution in [1.82, 2.24) is 5.32 Å². The molecule has 1 aromatic heterocycles. The van der Waals surface area contributed by atoms with Gasteiger partial charge >= 0.3 is 0 Å². The van der Waals surface area contributed by atoms with Crippen LogP contribution >= 0.6 is 11.3 Å². The number of rotatable bonds is 6. The highest BCUT2D eigenvalue weighted by Crippen LogP contribution is 2.34. The Morgan fingerprint density at radius 3 is 2.61 bits per heavy atom. The van der Waals surface area contributed by atoms with E-state index in [1.807, 2.05) is 35.7 Å². The minimum absolute atomic E-state index is 0.167. The summed E-state index contributed by atoms with van der Waals surface area (Å²) in [5, 5.41) is 7.53. The molecule has 28 heavy (non-hydrogen) atoms. The zero-order chi connectivity index (χ0) is 19.3. The number of hydrogen-bond donors (Lipinski definition) is 2. The molecular weight excluding hydrogens is 376 g/mol. The maximum atomic E-state index is 12.9. The molecule has 6 nitrogen and oxygen atoms in total. The van der Waals surface area contributed by atoms with Crippen molar-refractivity contribution >= 4 is 28.8 Å². The van der Waals surface area contributed by atoms with Gasteiger partial charge in [-0.05, 0) is 29.1 Å². The highest BCUT2D eigenvalue weighted by Gasteiger charge is 2.23. The average Bonchev–Trinajstić information content (AvgIpc) is 3.40. The summed E-state index contributed by atoms with van der Waals surface area (Å²) in [5.74, 6) is 0.661. The van der Waals surface area contributed by atoms with Gasteiger partial charge in [-0.25, -0.2) is 0 Å². The first-order chi connectivity index (χ1) is 13.7. The van der Waals surface area contributed by atoms with Crippen molar-refractivity contribution in [3.63, 3.8) is 0 Å². The zero-order valence-corrected chi connectivity index (χ0v) is 15.7. The number of fused-ring (bicyclic) bond motifs is 1. The van der Waals surface area contributed by atoms with Crippen molar-refractivity contribution in [3.8, 4) is 11.5 Å². The molecule has 4 rings (SSSR count). The van der Waals surface area contributed by atoms with Gasteiger partial charge in [-0.3, -0.25) is 9.59 Å². The quantitative estimate of drug-likeness (QED) is 0.671. The van der Waals surface area contributed by atoms with Crippen LogP contribution in [0.15, 0.2) is 66.0 Å². The van der Waals surface area contributed by atoms with E-state index in [9.17, 15) is 9.59 Å². The first-order valence-corrected chi connectivity index (χ1v) is 9.66. The summed E-state index contributed by atoms with van der Waals surface area (Å²) in [6.07, 6.45) is 0.383. The van der Waals surface area contributed by atoms with Crippen LogP contribution in [-0.4, -0.2) is 24.6 Å². The van der Waals surface area contributed by atoms with Gasteiger partial charge in [0.1, 0.15) is 6.04 Å². The summed E-state index contributed by atoms with van der Waals surface area (Å²) in [6.45, 7) is 0.167. The van der Waals surface area contributed by atoms with Gasteiger partial charge in [-0.15, -0.1) is 11.3 Å². The van der Waals surface area contributed by atoms with Crippen molar-refractivity contribution in [2.24, 2.45) is 0 Å². The van der Waals surface area contributed by atoms with Crippen LogP contribution in [0.5, 0.6) is 11.5 Å². The van der Waals surface area contributed by atoms with Crippen LogP contribution in [0.25, 0.3) is 0 Å². The van der Waals surface area contributed by atoms with Crippen LogP contribution in [0.2, 0.25) is 0 Å². The molecule has 142 valence electrons. The second kappa shape index (κ2) is 8.14. The summed E-state index contributed by atoms with van der Waals surface area (Å²) in [6, 6.07) is 17.6. The fourth-order valence-electron chi connectivity index (χ4n) is 2.90. The Kier molecular flexibility index (Phi) is 5.25. The van der Waals surface area contributed by atoms with Crippen molar-refractivity contribution < 1.29 is 19.1 Å². The molecule has 0 radical (unpaired) electrons. The van der Waals surface area contributed by atoms with Crippen molar-refractivity contribution in [2.75, 3.05) is 12.1 Å². The SMILES string of the molecule is O=C(NC(Cc1ccccc1)C(=O)Nc1ccc2c(c1)OCO2)c1cccs1. The number of carbonyl (C=O) groups is 2. The molecular formula is C21H18N2O4S. The van der Waals surface area contributed by atoms with Gasteiger partial charge in [0, 0.05) is 18.2 Å². The molecule has 0 saturated carbocycles. The highest BCUT2D eigenvalue weighted by molar-refractivity contribution is 7.12. The monoisotopic (exact) mass is 394 g/mol. The van der Waals surface area contributed by atoms with Gasteiger partial charge < -0.3 is 20.1 Å². The molecule has 1 atom stereocenters. The zero-order valence-electron chi connectivity index (χ0n) is 14.9. The predicted octanol–water partition coefficient (Wildman–Crippen LogP) is 3.46. The average molecular weight is 394 g/mol. The number of nitrogens with one attached hydrogen (secondary N) is 2. The third kappa shape index (κ3) is 4.15. The van der Waals surface area contributed by atoms with Crippen LogP contribution < -0.4 is 20.1 Å². The fourth-order valence-corrected chi connectivity index (χ4v) is 3.53. The summed E-state index contributed by atoms with van der Waals surface area (Å²) >= 11 is 1.33. The van der Waals surface area contributed by atoms with Gasteiger partial charge in [0.25, 0.3) is 5.91 Å². The lowest BCUT2D eigenvalue weighted by molar-refractivity contribution is -0.118. The molecule has 3 aromatic rings. The predicted molar refractivity (Wildman–Crippen MR) is 107 cm³/mol. The minimum atomic E-state index is -0.720. The standard InChI is InChI=1S/C21H18N2O4S/c24-20(22-15-8-9-17-18(12-15)27-13-26-17)16(11-14-5-2-1-3-6-14)23-21(25)19-7-4-10-28-19/h1-10,12,16H,11,13H2,(H,22,24)(H,23,25). The smallest absolute Gasteiger partial charge is 0.262 e. The van der Waals surface area contributed by atoms with Gasteiger partial charge in [0.05, 0.1) is 4.88 Å². The lowest BCUT2D eigenvalue weighted by Gasteiger charge is -2.18. The van der Waals surface area contributed by atoms with Crippen LogP contribution in [0.3, 0.4) is 0 Å². The minimum Gasteiger partial charge on any atom is -0.454 e. The van der Waals surface area contributed by atoms with E-state index in [0.29, 0.717) is 28.5 Å². The fraction of sp³-hybridized carbons (Fsp3) is 0.143. The van der Waals surface area contributed by atoms with Crippen LogP contribution in [0.4, 0.5) is 5.69 Å². The Hall–Kier alpha value is -3.32. The molecule has 7 heteroatoms. The van der Waals surface area contributed by atoms with E-state index in [-0.39, 0.29) is 18.6 Å². The van der Waals surface area contributed by atoms with Crippen molar-refractivity contribution in [3.05, 3.63) is 76.5 Å². The third-order valence-electron chi connectivity index (χ3n) is 4.29. The highest BCUT2D eigenvalue weighted by atomic mass is 32.1. The summed E-state index contributed by atoms with van der Waals surface area (Å²) in [5.41, 5.74) is 1.54. The normalized spacial score (nSPS) is 13.0. The van der Waals surface area contributed by atoms with Crippen molar-refractivity contribution in [1.29, 1.82) is 0 Å². The maximum absolute atomic E-state index is 12.9. The molecule has 0 spiro atoms. The van der Waals surface area contributed by atoms with E-state index in [4.69, 9.17) is 9.47 Å². The lowest BCUT2D eigenvalue weighted by Crippen LogP contribution is -2.45. The van der Waals surface area contributed by atoms with Crippen LogP contribution in [0.1, 0.15) is 15.2 Å². The van der Waals surface area contributed by atoms with Crippen molar-refractivity contribution in [2.45, 2.75) is 12.5 Å². The third-order valence-corrected chi connectivity index (χ3v) is 5.16. The van der Waals surface area contributed by atoms with E-state index >= 15 is 0 Å². The second-order valence-electron chi connectivity index (χ2n) is 6.25. The number of thiophene rings is 1. The van der Waals surface area contributed by atoms with Crippen LogP contribution in [0, 0.1) is 0 Å². The largest absolute Gasteiger partial charge is 0.454 e. The molecule has 2 aromatic carbocycles.